The van der Waals surface area contributed by atoms with E-state index in [-0.39, 0.29) is 5.41 Å². The van der Waals surface area contributed by atoms with E-state index in [2.05, 4.69) is 44.2 Å². The van der Waals surface area contributed by atoms with Crippen molar-refractivity contribution in [3.05, 3.63) is 35.4 Å². The summed E-state index contributed by atoms with van der Waals surface area (Å²) in [6.45, 7) is 4.49. The molecule has 1 aromatic rings. The summed E-state index contributed by atoms with van der Waals surface area (Å²) in [4.78, 5) is 0. The first-order valence-corrected chi connectivity index (χ1v) is 7.25. The highest BCUT2D eigenvalue weighted by Crippen LogP contribution is 2.42. The lowest BCUT2D eigenvalue weighted by molar-refractivity contribution is 0.325. The molecule has 1 atom stereocenters. The van der Waals surface area contributed by atoms with E-state index in [0.29, 0.717) is 5.92 Å². The fraction of sp³-hybridized carbons (Fsp3) is 0.588. The van der Waals surface area contributed by atoms with E-state index in [1.807, 2.05) is 0 Å². The zero-order chi connectivity index (χ0) is 13.0. The topological polar surface area (TPSA) is 23.8 Å². The molecule has 0 N–H and O–H groups in total. The second-order valence-corrected chi connectivity index (χ2v) is 5.59. The molecule has 1 nitrogen and oxygen atoms in total. The lowest BCUT2D eigenvalue weighted by Crippen LogP contribution is -2.31. The van der Waals surface area contributed by atoms with Crippen molar-refractivity contribution in [2.75, 3.05) is 0 Å². The van der Waals surface area contributed by atoms with Gasteiger partial charge < -0.3 is 0 Å². The summed E-state index contributed by atoms with van der Waals surface area (Å²) in [5, 5.41) is 9.78. The number of rotatable bonds is 4. The van der Waals surface area contributed by atoms with Gasteiger partial charge in [0, 0.05) is 0 Å². The summed E-state index contributed by atoms with van der Waals surface area (Å²) in [5.41, 5.74) is 2.49. The summed E-state index contributed by atoms with van der Waals surface area (Å²) in [6.07, 6.45) is 6.74. The van der Waals surface area contributed by atoms with Crippen LogP contribution in [0.5, 0.6) is 0 Å². The number of fused-ring (bicyclic) bond motifs is 1. The Balaban J connectivity index is 2.37. The van der Waals surface area contributed by atoms with E-state index < -0.39 is 0 Å². The molecule has 0 saturated heterocycles. The molecular weight excluding hydrogens is 218 g/mol. The Morgan fingerprint density at radius 1 is 1.28 bits per heavy atom. The average molecular weight is 241 g/mol. The minimum atomic E-state index is -0.217. The standard InChI is InChI=1S/C17H23N/c1-3-14(4-2)12-17(13-18)11-7-9-15-8-5-6-10-16(15)17/h5-6,8,10,14H,3-4,7,9,11-12H2,1-2H3. The molecule has 0 bridgehead atoms. The Labute approximate surface area is 111 Å². The van der Waals surface area contributed by atoms with Crippen LogP contribution in [0, 0.1) is 17.2 Å². The highest BCUT2D eigenvalue weighted by atomic mass is 14.4. The predicted molar refractivity (Wildman–Crippen MR) is 75.4 cm³/mol. The summed E-state index contributed by atoms with van der Waals surface area (Å²) in [5.74, 6) is 0.677. The third-order valence-corrected chi connectivity index (χ3v) is 4.59. The van der Waals surface area contributed by atoms with Crippen LogP contribution in [0.4, 0.5) is 0 Å². The van der Waals surface area contributed by atoms with Crippen LogP contribution >= 0.6 is 0 Å². The fourth-order valence-corrected chi connectivity index (χ4v) is 3.36. The molecule has 0 amide bonds. The van der Waals surface area contributed by atoms with Gasteiger partial charge in [-0.15, -0.1) is 0 Å². The third-order valence-electron chi connectivity index (χ3n) is 4.59. The average Bonchev–Trinajstić information content (AvgIpc) is 2.45. The van der Waals surface area contributed by atoms with Gasteiger partial charge in [-0.3, -0.25) is 0 Å². The maximum Gasteiger partial charge on any atom is 0.0827 e. The van der Waals surface area contributed by atoms with Crippen molar-refractivity contribution in [1.29, 1.82) is 5.26 Å². The Kier molecular flexibility index (Phi) is 4.07. The molecule has 0 heterocycles. The van der Waals surface area contributed by atoms with Gasteiger partial charge in [0.15, 0.2) is 0 Å². The van der Waals surface area contributed by atoms with E-state index in [4.69, 9.17) is 0 Å². The van der Waals surface area contributed by atoms with Gasteiger partial charge in [0.1, 0.15) is 0 Å². The fourth-order valence-electron chi connectivity index (χ4n) is 3.36. The first-order valence-electron chi connectivity index (χ1n) is 7.25. The number of hydrogen-bond acceptors (Lipinski definition) is 1. The van der Waals surface area contributed by atoms with Gasteiger partial charge in [-0.1, -0.05) is 51.0 Å². The largest absolute Gasteiger partial charge is 0.197 e. The van der Waals surface area contributed by atoms with E-state index in [1.54, 1.807) is 0 Å². The Bertz CT molecular complexity index is 439. The number of benzene rings is 1. The van der Waals surface area contributed by atoms with E-state index >= 15 is 0 Å². The number of nitriles is 1. The van der Waals surface area contributed by atoms with Gasteiger partial charge in [-0.2, -0.15) is 5.26 Å². The predicted octanol–water partition coefficient (Wildman–Crippen LogP) is 4.61. The number of nitrogens with zero attached hydrogens (tertiary/aromatic N) is 1. The second kappa shape index (κ2) is 5.57. The Hall–Kier alpha value is -1.29. The molecule has 0 saturated carbocycles. The molecule has 18 heavy (non-hydrogen) atoms. The molecule has 2 rings (SSSR count). The van der Waals surface area contributed by atoms with Crippen LogP contribution in [0.3, 0.4) is 0 Å². The maximum atomic E-state index is 9.78. The van der Waals surface area contributed by atoms with Crippen molar-refractivity contribution < 1.29 is 0 Å². The van der Waals surface area contributed by atoms with E-state index in [0.717, 1.165) is 25.7 Å². The molecule has 1 heteroatoms. The van der Waals surface area contributed by atoms with Crippen molar-refractivity contribution in [2.24, 2.45) is 5.92 Å². The molecule has 0 fully saturated rings. The highest BCUT2D eigenvalue weighted by Gasteiger charge is 2.37. The number of aryl methyl sites for hydroxylation is 1. The minimum Gasteiger partial charge on any atom is -0.197 e. The lowest BCUT2D eigenvalue weighted by Gasteiger charge is -2.35. The van der Waals surface area contributed by atoms with Crippen molar-refractivity contribution in [1.82, 2.24) is 0 Å². The van der Waals surface area contributed by atoms with Crippen LogP contribution in [0.15, 0.2) is 24.3 Å². The van der Waals surface area contributed by atoms with Crippen molar-refractivity contribution in [3.63, 3.8) is 0 Å². The maximum absolute atomic E-state index is 9.78. The van der Waals surface area contributed by atoms with Crippen LogP contribution in [-0.4, -0.2) is 0 Å². The highest BCUT2D eigenvalue weighted by molar-refractivity contribution is 5.41. The molecule has 1 aliphatic carbocycles. The molecule has 1 aliphatic rings. The summed E-state index contributed by atoms with van der Waals surface area (Å²) < 4.78 is 0. The van der Waals surface area contributed by atoms with Crippen LogP contribution in [0.2, 0.25) is 0 Å². The van der Waals surface area contributed by atoms with Gasteiger partial charge in [0.25, 0.3) is 0 Å². The lowest BCUT2D eigenvalue weighted by atomic mass is 9.66. The molecular formula is C17H23N. The van der Waals surface area contributed by atoms with Crippen LogP contribution in [-0.2, 0) is 11.8 Å². The van der Waals surface area contributed by atoms with Gasteiger partial charge in [-0.05, 0) is 42.7 Å². The van der Waals surface area contributed by atoms with Gasteiger partial charge in [0.2, 0.25) is 0 Å². The van der Waals surface area contributed by atoms with E-state index in [1.165, 1.54) is 24.0 Å². The normalized spacial score (nSPS) is 22.6. The zero-order valence-corrected chi connectivity index (χ0v) is 11.6. The van der Waals surface area contributed by atoms with Crippen LogP contribution < -0.4 is 0 Å². The number of hydrogen-bond donors (Lipinski definition) is 0. The Morgan fingerprint density at radius 3 is 2.67 bits per heavy atom. The molecule has 0 spiro atoms. The van der Waals surface area contributed by atoms with Gasteiger partial charge in [-0.25, -0.2) is 0 Å². The van der Waals surface area contributed by atoms with Crippen LogP contribution in [0.25, 0.3) is 0 Å². The van der Waals surface area contributed by atoms with Gasteiger partial charge >= 0.3 is 0 Å². The second-order valence-electron chi connectivity index (χ2n) is 5.59. The molecule has 0 radical (unpaired) electrons. The Morgan fingerprint density at radius 2 is 2.00 bits per heavy atom. The molecule has 0 aromatic heterocycles. The van der Waals surface area contributed by atoms with E-state index in [9.17, 15) is 5.26 Å². The van der Waals surface area contributed by atoms with Crippen molar-refractivity contribution in [2.45, 2.75) is 57.8 Å². The summed E-state index contributed by atoms with van der Waals surface area (Å²) >= 11 is 0. The SMILES string of the molecule is CCC(CC)CC1(C#N)CCCc2ccccc21. The first-order chi connectivity index (χ1) is 8.75. The first kappa shape index (κ1) is 13.1. The zero-order valence-electron chi connectivity index (χ0n) is 11.6. The third kappa shape index (κ3) is 2.29. The monoisotopic (exact) mass is 241 g/mol. The van der Waals surface area contributed by atoms with Crippen molar-refractivity contribution >= 4 is 0 Å². The summed E-state index contributed by atoms with van der Waals surface area (Å²) in [7, 11) is 0. The molecule has 1 unspecified atom stereocenters. The van der Waals surface area contributed by atoms with Crippen molar-refractivity contribution in [3.8, 4) is 6.07 Å². The molecule has 1 aromatic carbocycles. The molecule has 96 valence electrons. The smallest absolute Gasteiger partial charge is 0.0827 e. The molecule has 0 aliphatic heterocycles. The van der Waals surface area contributed by atoms with Crippen LogP contribution in [0.1, 0.15) is 57.1 Å². The summed E-state index contributed by atoms with van der Waals surface area (Å²) in [6, 6.07) is 11.2. The minimum absolute atomic E-state index is 0.217. The van der Waals surface area contributed by atoms with Gasteiger partial charge in [0.05, 0.1) is 11.5 Å². The quantitative estimate of drug-likeness (QED) is 0.755.